The zero-order valence-corrected chi connectivity index (χ0v) is 16.0. The summed E-state index contributed by atoms with van der Waals surface area (Å²) in [5.41, 5.74) is -1.24. The Hall–Kier alpha value is -2.61. The molecule has 0 bridgehead atoms. The Kier molecular flexibility index (Phi) is 6.10. The van der Waals surface area contributed by atoms with Crippen LogP contribution in [0.4, 0.5) is 0 Å². The third-order valence-corrected chi connectivity index (χ3v) is 4.97. The molecule has 0 spiro atoms. The third kappa shape index (κ3) is 3.75. The van der Waals surface area contributed by atoms with E-state index in [1.165, 1.54) is 35.4 Å². The highest BCUT2D eigenvalue weighted by Gasteiger charge is 2.57. The summed E-state index contributed by atoms with van der Waals surface area (Å²) < 4.78 is 20.1. The maximum absolute atomic E-state index is 12.7. The third-order valence-electron chi connectivity index (χ3n) is 4.97. The molecule has 1 aliphatic carbocycles. The number of aliphatic hydroxyl groups is 1. The summed E-state index contributed by atoms with van der Waals surface area (Å²) in [7, 11) is 5.27. The normalized spacial score (nSPS) is 27.6. The monoisotopic (exact) mass is 380 g/mol. The van der Waals surface area contributed by atoms with Gasteiger partial charge >= 0.3 is 11.9 Å². The molecular weight excluding hydrogens is 356 g/mol. The van der Waals surface area contributed by atoms with Crippen LogP contribution in [0.3, 0.4) is 0 Å². The summed E-state index contributed by atoms with van der Waals surface area (Å²) in [6.45, 7) is 1.38. The number of carbonyl (C=O) groups is 3. The number of ether oxygens (including phenoxy) is 4. The van der Waals surface area contributed by atoms with Crippen LogP contribution in [0.2, 0.25) is 0 Å². The van der Waals surface area contributed by atoms with Gasteiger partial charge in [-0.2, -0.15) is 0 Å². The second-order valence-electron chi connectivity index (χ2n) is 6.64. The van der Waals surface area contributed by atoms with Crippen LogP contribution in [0, 0.1) is 11.8 Å². The van der Waals surface area contributed by atoms with E-state index in [9.17, 15) is 19.5 Å². The van der Waals surface area contributed by atoms with E-state index >= 15 is 0 Å². The Balaban J connectivity index is 2.69. The molecular formula is C19H24O8. The lowest BCUT2D eigenvalue weighted by Gasteiger charge is -2.43. The van der Waals surface area contributed by atoms with Crippen molar-refractivity contribution in [2.45, 2.75) is 24.9 Å². The van der Waals surface area contributed by atoms with Gasteiger partial charge in [0.05, 0.1) is 40.0 Å². The molecule has 2 rings (SSSR count). The molecule has 1 aromatic carbocycles. The van der Waals surface area contributed by atoms with Crippen molar-refractivity contribution >= 4 is 17.7 Å². The molecule has 1 aromatic rings. The van der Waals surface area contributed by atoms with Crippen LogP contribution in [0.25, 0.3) is 0 Å². The topological polar surface area (TPSA) is 108 Å². The van der Waals surface area contributed by atoms with Gasteiger partial charge in [-0.05, 0) is 24.6 Å². The van der Waals surface area contributed by atoms with Gasteiger partial charge in [0.2, 0.25) is 0 Å². The van der Waals surface area contributed by atoms with E-state index in [1.807, 2.05) is 0 Å². The molecule has 0 heterocycles. The molecule has 1 N–H and O–H groups in total. The average molecular weight is 380 g/mol. The Morgan fingerprint density at radius 1 is 1.04 bits per heavy atom. The molecule has 148 valence electrons. The molecule has 4 atom stereocenters. The van der Waals surface area contributed by atoms with E-state index in [0.717, 1.165) is 0 Å². The number of carbonyl (C=O) groups excluding carboxylic acids is 3. The first-order valence-corrected chi connectivity index (χ1v) is 8.34. The fraction of sp³-hybridized carbons (Fsp3) is 0.526. The van der Waals surface area contributed by atoms with Crippen molar-refractivity contribution < 1.29 is 38.4 Å². The quantitative estimate of drug-likeness (QED) is 0.597. The van der Waals surface area contributed by atoms with Crippen LogP contribution in [0.1, 0.15) is 24.8 Å². The molecule has 8 heteroatoms. The van der Waals surface area contributed by atoms with E-state index in [0.29, 0.717) is 17.1 Å². The minimum absolute atomic E-state index is 0.361. The molecule has 1 aliphatic rings. The lowest BCUT2D eigenvalue weighted by atomic mass is 9.61. The lowest BCUT2D eigenvalue weighted by molar-refractivity contribution is -0.170. The van der Waals surface area contributed by atoms with Crippen molar-refractivity contribution in [2.24, 2.45) is 11.8 Å². The maximum atomic E-state index is 12.7. The minimum atomic E-state index is -1.69. The van der Waals surface area contributed by atoms with Crippen molar-refractivity contribution in [3.63, 3.8) is 0 Å². The largest absolute Gasteiger partial charge is 0.493 e. The Labute approximate surface area is 157 Å². The lowest BCUT2D eigenvalue weighted by Crippen LogP contribution is -2.55. The van der Waals surface area contributed by atoms with Gasteiger partial charge in [0.25, 0.3) is 0 Å². The first kappa shape index (κ1) is 20.7. The van der Waals surface area contributed by atoms with Crippen molar-refractivity contribution in [3.8, 4) is 11.5 Å². The van der Waals surface area contributed by atoms with Crippen molar-refractivity contribution in [2.75, 3.05) is 28.4 Å². The van der Waals surface area contributed by atoms with E-state index in [4.69, 9.17) is 18.9 Å². The van der Waals surface area contributed by atoms with E-state index in [2.05, 4.69) is 0 Å². The zero-order valence-electron chi connectivity index (χ0n) is 16.0. The van der Waals surface area contributed by atoms with Gasteiger partial charge in [-0.3, -0.25) is 14.4 Å². The van der Waals surface area contributed by atoms with Gasteiger partial charge in [-0.1, -0.05) is 6.07 Å². The first-order chi connectivity index (χ1) is 12.7. The molecule has 27 heavy (non-hydrogen) atoms. The molecule has 8 nitrogen and oxygen atoms in total. The van der Waals surface area contributed by atoms with Crippen molar-refractivity contribution in [3.05, 3.63) is 23.8 Å². The molecule has 3 unspecified atom stereocenters. The molecule has 1 saturated carbocycles. The van der Waals surface area contributed by atoms with Gasteiger partial charge in [0.15, 0.2) is 17.3 Å². The summed E-state index contributed by atoms with van der Waals surface area (Å²) in [6.07, 6.45) is -0.365. The molecule has 0 amide bonds. The predicted molar refractivity (Wildman–Crippen MR) is 93.5 cm³/mol. The highest BCUT2D eigenvalue weighted by atomic mass is 16.5. The summed E-state index contributed by atoms with van der Waals surface area (Å²) in [4.78, 5) is 37.5. The van der Waals surface area contributed by atoms with Crippen LogP contribution >= 0.6 is 0 Å². The minimum Gasteiger partial charge on any atom is -0.493 e. The Morgan fingerprint density at radius 3 is 2.15 bits per heavy atom. The average Bonchev–Trinajstić information content (AvgIpc) is 2.64. The second-order valence-corrected chi connectivity index (χ2v) is 6.64. The SMILES string of the molecule is COC(=O)C1C(=O)C[C@@](C)(O)C(C(=O)OC)C1c1ccc(OC)c(OC)c1. The van der Waals surface area contributed by atoms with E-state index < -0.39 is 41.1 Å². The summed E-state index contributed by atoms with van der Waals surface area (Å²) in [5.74, 6) is -4.59. The van der Waals surface area contributed by atoms with Crippen molar-refractivity contribution in [1.29, 1.82) is 0 Å². The van der Waals surface area contributed by atoms with Gasteiger partial charge < -0.3 is 24.1 Å². The van der Waals surface area contributed by atoms with Gasteiger partial charge in [-0.25, -0.2) is 0 Å². The summed E-state index contributed by atoms with van der Waals surface area (Å²) in [5, 5.41) is 10.8. The van der Waals surface area contributed by atoms with Crippen LogP contribution in [0.5, 0.6) is 11.5 Å². The van der Waals surface area contributed by atoms with E-state index in [-0.39, 0.29) is 6.42 Å². The summed E-state index contributed by atoms with van der Waals surface area (Å²) >= 11 is 0. The molecule has 0 saturated heterocycles. The predicted octanol–water partition coefficient (Wildman–Crippen LogP) is 1.09. The number of ketones is 1. The molecule has 1 fully saturated rings. The highest BCUT2D eigenvalue weighted by Crippen LogP contribution is 2.47. The van der Waals surface area contributed by atoms with Gasteiger partial charge in [-0.15, -0.1) is 0 Å². The fourth-order valence-corrected chi connectivity index (χ4v) is 3.73. The van der Waals surface area contributed by atoms with Crippen LogP contribution in [-0.4, -0.2) is 56.9 Å². The molecule has 0 radical (unpaired) electrons. The smallest absolute Gasteiger partial charge is 0.316 e. The second kappa shape index (κ2) is 7.96. The highest BCUT2D eigenvalue weighted by molar-refractivity contribution is 6.02. The van der Waals surface area contributed by atoms with Crippen molar-refractivity contribution in [1.82, 2.24) is 0 Å². The molecule has 0 aliphatic heterocycles. The number of methoxy groups -OCH3 is 4. The van der Waals surface area contributed by atoms with E-state index in [1.54, 1.807) is 18.2 Å². The Bertz CT molecular complexity index is 739. The van der Waals surface area contributed by atoms with Crippen LogP contribution in [0.15, 0.2) is 18.2 Å². The summed E-state index contributed by atoms with van der Waals surface area (Å²) in [6, 6.07) is 4.79. The maximum Gasteiger partial charge on any atom is 0.316 e. The number of hydrogen-bond acceptors (Lipinski definition) is 8. The number of hydrogen-bond donors (Lipinski definition) is 1. The zero-order chi connectivity index (χ0) is 20.4. The Morgan fingerprint density at radius 2 is 1.63 bits per heavy atom. The first-order valence-electron chi connectivity index (χ1n) is 8.34. The fourth-order valence-electron chi connectivity index (χ4n) is 3.73. The number of esters is 2. The standard InChI is InChI=1S/C19H24O8/c1-19(23)9-11(20)15(17(21)26-4)14(16(19)18(22)27-5)10-6-7-12(24-2)13(8-10)25-3/h6-8,14-16,23H,9H2,1-5H3/t14?,15?,16?,19-/m1/s1. The van der Waals surface area contributed by atoms with Gasteiger partial charge in [0, 0.05) is 12.3 Å². The van der Waals surface area contributed by atoms with Gasteiger partial charge in [0.1, 0.15) is 5.92 Å². The van der Waals surface area contributed by atoms with Crippen LogP contribution < -0.4 is 9.47 Å². The number of rotatable bonds is 5. The van der Waals surface area contributed by atoms with Crippen LogP contribution in [-0.2, 0) is 23.9 Å². The number of Topliss-reactive ketones (excluding diaryl/α,β-unsaturated/α-hetero) is 1. The molecule has 0 aromatic heterocycles. The number of benzene rings is 1.